The Morgan fingerprint density at radius 1 is 0.652 bits per heavy atom. The Hall–Kier alpha value is -0.0800. The maximum absolute atomic E-state index is 2.49. The first-order valence-electron chi connectivity index (χ1n) is 11.0. The summed E-state index contributed by atoms with van der Waals surface area (Å²) in [4.78, 5) is 4.04. The first kappa shape index (κ1) is 15.2. The van der Waals surface area contributed by atoms with Crippen LogP contribution in [0.15, 0.2) is 0 Å². The summed E-state index contributed by atoms with van der Waals surface area (Å²) in [7, 11) is 0. The van der Waals surface area contributed by atoms with Gasteiger partial charge in [-0.15, -0.1) is 0 Å². The first-order valence-corrected chi connectivity index (χ1v) is 11.0. The van der Waals surface area contributed by atoms with Gasteiger partial charge in [-0.05, 0) is 62.7 Å². The fourth-order valence-corrected chi connectivity index (χ4v) is 8.03. The summed E-state index contributed by atoms with van der Waals surface area (Å²) in [6.07, 6.45) is 14.1. The van der Waals surface area contributed by atoms with E-state index < -0.39 is 0 Å². The van der Waals surface area contributed by atoms with Gasteiger partial charge >= 0.3 is 0 Å². The van der Waals surface area contributed by atoms with E-state index in [2.05, 4.69) is 6.92 Å². The van der Waals surface area contributed by atoms with Crippen LogP contribution in [0.3, 0.4) is 0 Å². The van der Waals surface area contributed by atoms with Gasteiger partial charge in [0, 0.05) is 18.3 Å². The highest BCUT2D eigenvalue weighted by molar-refractivity contribution is 4.98. The van der Waals surface area contributed by atoms with Crippen LogP contribution >= 0.6 is 0 Å². The van der Waals surface area contributed by atoms with Gasteiger partial charge in [-0.1, -0.05) is 13.3 Å². The molecule has 5 saturated carbocycles. The zero-order valence-electron chi connectivity index (χ0n) is 15.2. The number of nitrogens with one attached hydrogen (secondary N) is 2. The number of hydrogen-bond acceptors (Lipinski definition) is 0. The minimum Gasteiger partial charge on any atom is -0.323 e. The molecule has 2 nitrogen and oxygen atoms in total. The fraction of sp³-hybridized carbons (Fsp3) is 1.00. The Balaban J connectivity index is 1.20. The van der Waals surface area contributed by atoms with Crippen molar-refractivity contribution in [3.05, 3.63) is 0 Å². The predicted molar refractivity (Wildman–Crippen MR) is 93.6 cm³/mol. The molecule has 4 bridgehead atoms. The zero-order valence-corrected chi connectivity index (χ0v) is 15.2. The van der Waals surface area contributed by atoms with E-state index in [4.69, 9.17) is 0 Å². The van der Waals surface area contributed by atoms with Gasteiger partial charge in [-0.2, -0.15) is 0 Å². The van der Waals surface area contributed by atoms with E-state index in [0.29, 0.717) is 0 Å². The molecule has 6 aliphatic rings. The smallest absolute Gasteiger partial charge is 0.127 e. The molecule has 2 N–H and O–H groups in total. The molecule has 130 valence electrons. The molecule has 0 amide bonds. The Bertz CT molecular complexity index is 398. The van der Waals surface area contributed by atoms with E-state index in [1.165, 1.54) is 51.9 Å². The lowest BCUT2D eigenvalue weighted by atomic mass is 9.54. The van der Waals surface area contributed by atoms with Crippen molar-refractivity contribution in [1.82, 2.24) is 0 Å². The van der Waals surface area contributed by atoms with Gasteiger partial charge in [0.05, 0.1) is 12.1 Å². The topological polar surface area (TPSA) is 8.88 Å². The largest absolute Gasteiger partial charge is 0.323 e. The van der Waals surface area contributed by atoms with Crippen molar-refractivity contribution in [2.75, 3.05) is 26.2 Å². The lowest BCUT2D eigenvalue weighted by molar-refractivity contribution is -1.04. The lowest BCUT2D eigenvalue weighted by Gasteiger charge is -2.56. The van der Waals surface area contributed by atoms with Crippen molar-refractivity contribution in [2.45, 2.75) is 76.8 Å². The normalized spacial score (nSPS) is 56.0. The van der Waals surface area contributed by atoms with Crippen molar-refractivity contribution in [2.24, 2.45) is 29.6 Å². The van der Waals surface area contributed by atoms with Gasteiger partial charge in [-0.3, -0.25) is 0 Å². The molecule has 6 rings (SSSR count). The van der Waals surface area contributed by atoms with E-state index >= 15 is 0 Å². The van der Waals surface area contributed by atoms with Crippen molar-refractivity contribution < 1.29 is 9.80 Å². The summed E-state index contributed by atoms with van der Waals surface area (Å²) in [5, 5.41) is 0. The van der Waals surface area contributed by atoms with Gasteiger partial charge in [-0.25, -0.2) is 0 Å². The average molecular weight is 319 g/mol. The highest BCUT2D eigenvalue weighted by Crippen LogP contribution is 2.52. The van der Waals surface area contributed by atoms with Crippen LogP contribution in [0.25, 0.3) is 0 Å². The zero-order chi connectivity index (χ0) is 15.4. The van der Waals surface area contributed by atoms with Crippen molar-refractivity contribution >= 4 is 0 Å². The Morgan fingerprint density at radius 3 is 1.87 bits per heavy atom. The van der Waals surface area contributed by atoms with Crippen molar-refractivity contribution in [3.8, 4) is 0 Å². The molecular formula is C21H38N2+2. The minimum atomic E-state index is 0.996. The van der Waals surface area contributed by atoms with Crippen LogP contribution in [0, 0.1) is 29.6 Å². The Kier molecular flexibility index (Phi) is 3.98. The van der Waals surface area contributed by atoms with E-state index in [1.54, 1.807) is 32.1 Å². The van der Waals surface area contributed by atoms with Crippen LogP contribution in [0.2, 0.25) is 0 Å². The van der Waals surface area contributed by atoms with Gasteiger partial charge in [0.25, 0.3) is 0 Å². The third kappa shape index (κ3) is 2.78. The summed E-state index contributed by atoms with van der Waals surface area (Å²) < 4.78 is 0. The molecule has 0 spiro atoms. The van der Waals surface area contributed by atoms with E-state index in [9.17, 15) is 0 Å². The fourth-order valence-electron chi connectivity index (χ4n) is 8.03. The van der Waals surface area contributed by atoms with Crippen molar-refractivity contribution in [1.29, 1.82) is 0 Å². The number of rotatable bonds is 2. The highest BCUT2D eigenvalue weighted by Gasteiger charge is 2.53. The molecule has 23 heavy (non-hydrogen) atoms. The molecule has 0 aromatic carbocycles. The predicted octanol–water partition coefficient (Wildman–Crippen LogP) is 1.17. The second kappa shape index (κ2) is 6.02. The number of quaternary nitrogens is 2. The molecular weight excluding hydrogens is 280 g/mol. The molecule has 2 heteroatoms. The highest BCUT2D eigenvalue weighted by atomic mass is 15.3. The molecule has 2 atom stereocenters. The molecule has 1 saturated heterocycles. The maximum atomic E-state index is 2.49. The molecule has 1 heterocycles. The second-order valence-electron chi connectivity index (χ2n) is 10.2. The standard InChI is InChI=1S/C21H36N2/c1-15-3-2-4-20(9-15)22-5-7-23(8-6-22)21-18-11-16-10-17(13-18)14-19(21)12-16/h15-21H,2-14H2,1H3/p+2/t15-,16?,17?,18?,19?,20+,21?/m0/s1. The third-order valence-corrected chi connectivity index (χ3v) is 8.75. The van der Waals surface area contributed by atoms with Crippen molar-refractivity contribution in [3.63, 3.8) is 0 Å². The van der Waals surface area contributed by atoms with Crippen LogP contribution in [0.1, 0.15) is 64.7 Å². The second-order valence-corrected chi connectivity index (χ2v) is 10.2. The summed E-state index contributed by atoms with van der Waals surface area (Å²) in [5.74, 6) is 5.53. The van der Waals surface area contributed by atoms with Gasteiger partial charge < -0.3 is 9.80 Å². The van der Waals surface area contributed by atoms with Crippen LogP contribution in [-0.4, -0.2) is 38.3 Å². The molecule has 0 aromatic heterocycles. The Labute approximate surface area is 143 Å². The average Bonchev–Trinajstić information content (AvgIpc) is 2.54. The Morgan fingerprint density at radius 2 is 1.26 bits per heavy atom. The molecule has 6 fully saturated rings. The summed E-state index contributed by atoms with van der Waals surface area (Å²) in [6.45, 7) is 8.44. The number of hydrogen-bond donors (Lipinski definition) is 2. The number of piperazine rings is 1. The summed E-state index contributed by atoms with van der Waals surface area (Å²) >= 11 is 0. The van der Waals surface area contributed by atoms with Gasteiger partial charge in [0.15, 0.2) is 0 Å². The third-order valence-electron chi connectivity index (χ3n) is 8.75. The summed E-state index contributed by atoms with van der Waals surface area (Å²) in [5.41, 5.74) is 0. The molecule has 0 unspecified atom stereocenters. The molecule has 0 aromatic rings. The van der Waals surface area contributed by atoms with Gasteiger partial charge in [0.2, 0.25) is 0 Å². The van der Waals surface area contributed by atoms with Crippen LogP contribution in [0.4, 0.5) is 0 Å². The molecule has 5 aliphatic carbocycles. The molecule has 0 radical (unpaired) electrons. The first-order chi connectivity index (χ1) is 11.3. The molecule has 1 aliphatic heterocycles. The maximum Gasteiger partial charge on any atom is 0.127 e. The van der Waals surface area contributed by atoms with E-state index in [1.807, 2.05) is 9.80 Å². The summed E-state index contributed by atoms with van der Waals surface area (Å²) in [6, 6.07) is 2.09. The monoisotopic (exact) mass is 318 g/mol. The van der Waals surface area contributed by atoms with E-state index in [0.717, 1.165) is 41.7 Å². The lowest BCUT2D eigenvalue weighted by Crippen LogP contribution is -3.31. The van der Waals surface area contributed by atoms with Crippen LogP contribution in [0.5, 0.6) is 0 Å². The SMILES string of the molecule is C[C@H]1CCC[C@@H]([NH+]2CC[NH+](C3C4CC5CC(C4)CC3C5)CC2)C1. The van der Waals surface area contributed by atoms with Crippen LogP contribution in [-0.2, 0) is 0 Å². The van der Waals surface area contributed by atoms with E-state index in [-0.39, 0.29) is 0 Å². The quantitative estimate of drug-likeness (QED) is 0.756. The van der Waals surface area contributed by atoms with Gasteiger partial charge in [0.1, 0.15) is 26.2 Å². The minimum absolute atomic E-state index is 0.996. The van der Waals surface area contributed by atoms with Crippen LogP contribution < -0.4 is 9.80 Å².